The Morgan fingerprint density at radius 3 is 2.45 bits per heavy atom. The van der Waals surface area contributed by atoms with Gasteiger partial charge >= 0.3 is 5.97 Å². The summed E-state index contributed by atoms with van der Waals surface area (Å²) in [5.74, 6) is -1.12. The van der Waals surface area contributed by atoms with Crippen molar-refractivity contribution in [3.05, 3.63) is 29.3 Å². The Bertz CT molecular complexity index is 540. The van der Waals surface area contributed by atoms with E-state index in [0.29, 0.717) is 11.3 Å². The Balaban J connectivity index is 2.88. The number of carbonyl (C=O) groups is 3. The van der Waals surface area contributed by atoms with Crippen molar-refractivity contribution in [2.24, 2.45) is 0 Å². The van der Waals surface area contributed by atoms with Crippen LogP contribution in [-0.4, -0.2) is 30.9 Å². The molecule has 108 valence electrons. The molecule has 2 N–H and O–H groups in total. The maximum Gasteiger partial charge on any atom is 0.337 e. The number of rotatable bonds is 4. The maximum absolute atomic E-state index is 11.9. The van der Waals surface area contributed by atoms with Gasteiger partial charge in [0.25, 0.3) is 0 Å². The number of hydrogen-bond acceptors (Lipinski definition) is 4. The summed E-state index contributed by atoms with van der Waals surface area (Å²) in [4.78, 5) is 34.3. The van der Waals surface area contributed by atoms with Crippen molar-refractivity contribution in [3.63, 3.8) is 0 Å². The first-order valence-corrected chi connectivity index (χ1v) is 6.12. The van der Waals surface area contributed by atoms with Crippen LogP contribution in [-0.2, 0) is 14.3 Å². The topological polar surface area (TPSA) is 84.5 Å². The number of ether oxygens (including phenoxy) is 1. The Labute approximate surface area is 117 Å². The van der Waals surface area contributed by atoms with Crippen LogP contribution in [0.3, 0.4) is 0 Å². The predicted molar refractivity (Wildman–Crippen MR) is 74.4 cm³/mol. The number of nitrogens with one attached hydrogen (secondary N) is 2. The van der Waals surface area contributed by atoms with E-state index in [-0.39, 0.29) is 11.8 Å². The SMILES string of the molecule is COC(=O)c1ccc(C)c(NC(=O)C(C)NC(C)=O)c1. The summed E-state index contributed by atoms with van der Waals surface area (Å²) in [6.07, 6.45) is 0. The number of amides is 2. The Morgan fingerprint density at radius 2 is 1.90 bits per heavy atom. The first-order chi connectivity index (χ1) is 9.35. The number of esters is 1. The highest BCUT2D eigenvalue weighted by molar-refractivity contribution is 5.98. The number of anilines is 1. The van der Waals surface area contributed by atoms with E-state index >= 15 is 0 Å². The summed E-state index contributed by atoms with van der Waals surface area (Å²) in [5, 5.41) is 5.16. The van der Waals surface area contributed by atoms with E-state index in [4.69, 9.17) is 0 Å². The molecule has 0 aliphatic carbocycles. The van der Waals surface area contributed by atoms with Gasteiger partial charge in [0.15, 0.2) is 0 Å². The molecule has 0 saturated heterocycles. The number of carbonyl (C=O) groups excluding carboxylic acids is 3. The maximum atomic E-state index is 11.9. The van der Waals surface area contributed by atoms with Crippen LogP contribution in [0.15, 0.2) is 18.2 Å². The molecule has 1 aromatic carbocycles. The summed E-state index contributed by atoms with van der Waals surface area (Å²) < 4.78 is 4.63. The van der Waals surface area contributed by atoms with Gasteiger partial charge in [0.1, 0.15) is 6.04 Å². The third kappa shape index (κ3) is 4.08. The zero-order valence-corrected chi connectivity index (χ0v) is 11.9. The second-order valence-corrected chi connectivity index (χ2v) is 4.43. The van der Waals surface area contributed by atoms with Crippen molar-refractivity contribution in [2.45, 2.75) is 26.8 Å². The van der Waals surface area contributed by atoms with Crippen LogP contribution in [0.1, 0.15) is 29.8 Å². The Morgan fingerprint density at radius 1 is 1.25 bits per heavy atom. The van der Waals surface area contributed by atoms with Gasteiger partial charge in [-0.05, 0) is 31.5 Å². The van der Waals surface area contributed by atoms with E-state index in [2.05, 4.69) is 15.4 Å². The molecule has 0 spiro atoms. The highest BCUT2D eigenvalue weighted by atomic mass is 16.5. The van der Waals surface area contributed by atoms with Crippen molar-refractivity contribution < 1.29 is 19.1 Å². The van der Waals surface area contributed by atoms with Crippen LogP contribution in [0.4, 0.5) is 5.69 Å². The molecule has 6 heteroatoms. The first kappa shape index (κ1) is 15.7. The fourth-order valence-corrected chi connectivity index (χ4v) is 1.61. The normalized spacial score (nSPS) is 11.4. The van der Waals surface area contributed by atoms with E-state index < -0.39 is 12.0 Å². The second-order valence-electron chi connectivity index (χ2n) is 4.43. The molecule has 0 heterocycles. The molecule has 1 atom stereocenters. The van der Waals surface area contributed by atoms with Crippen LogP contribution < -0.4 is 10.6 Å². The summed E-state index contributed by atoms with van der Waals surface area (Å²) in [7, 11) is 1.29. The fraction of sp³-hybridized carbons (Fsp3) is 0.357. The van der Waals surface area contributed by atoms with Gasteiger partial charge in [-0.2, -0.15) is 0 Å². The van der Waals surface area contributed by atoms with E-state index in [1.165, 1.54) is 14.0 Å². The number of benzene rings is 1. The minimum absolute atomic E-state index is 0.285. The molecule has 1 rings (SSSR count). The minimum Gasteiger partial charge on any atom is -0.465 e. The highest BCUT2D eigenvalue weighted by Crippen LogP contribution is 2.17. The molecule has 0 radical (unpaired) electrons. The van der Waals surface area contributed by atoms with Crippen LogP contribution in [0, 0.1) is 6.92 Å². The smallest absolute Gasteiger partial charge is 0.337 e. The van der Waals surface area contributed by atoms with Crippen LogP contribution >= 0.6 is 0 Å². The highest BCUT2D eigenvalue weighted by Gasteiger charge is 2.15. The quantitative estimate of drug-likeness (QED) is 0.812. The molecule has 1 unspecified atom stereocenters. The van der Waals surface area contributed by atoms with Crippen LogP contribution in [0.25, 0.3) is 0 Å². The second kappa shape index (κ2) is 6.70. The van der Waals surface area contributed by atoms with E-state index in [1.807, 2.05) is 0 Å². The van der Waals surface area contributed by atoms with Crippen molar-refractivity contribution in [2.75, 3.05) is 12.4 Å². The molecular formula is C14H18N2O4. The van der Waals surface area contributed by atoms with Gasteiger partial charge in [0, 0.05) is 12.6 Å². The Hall–Kier alpha value is -2.37. The van der Waals surface area contributed by atoms with Gasteiger partial charge in [-0.1, -0.05) is 6.07 Å². The lowest BCUT2D eigenvalue weighted by Crippen LogP contribution is -2.40. The van der Waals surface area contributed by atoms with Gasteiger partial charge in [-0.25, -0.2) is 4.79 Å². The molecule has 0 fully saturated rings. The van der Waals surface area contributed by atoms with Crippen molar-refractivity contribution in [1.29, 1.82) is 0 Å². The molecule has 0 aliphatic rings. The molecule has 0 bridgehead atoms. The monoisotopic (exact) mass is 278 g/mol. The van der Waals surface area contributed by atoms with Crippen molar-refractivity contribution in [3.8, 4) is 0 Å². The predicted octanol–water partition coefficient (Wildman–Crippen LogP) is 1.24. The summed E-state index contributed by atoms with van der Waals surface area (Å²) in [5.41, 5.74) is 1.66. The largest absolute Gasteiger partial charge is 0.465 e. The number of methoxy groups -OCH3 is 1. The van der Waals surface area contributed by atoms with Gasteiger partial charge in [0.05, 0.1) is 12.7 Å². The molecule has 0 aliphatic heterocycles. The van der Waals surface area contributed by atoms with E-state index in [0.717, 1.165) is 5.56 Å². The number of hydrogen-bond donors (Lipinski definition) is 2. The molecule has 1 aromatic rings. The molecule has 2 amide bonds. The standard InChI is InChI=1S/C14H18N2O4/c1-8-5-6-11(14(19)20-4)7-12(8)16-13(18)9(2)15-10(3)17/h5-7,9H,1-4H3,(H,15,17)(H,16,18). The van der Waals surface area contributed by atoms with Gasteiger partial charge in [-0.3, -0.25) is 9.59 Å². The van der Waals surface area contributed by atoms with Gasteiger partial charge < -0.3 is 15.4 Å². The lowest BCUT2D eigenvalue weighted by Gasteiger charge is -2.14. The van der Waals surface area contributed by atoms with Crippen molar-refractivity contribution >= 4 is 23.5 Å². The third-order valence-electron chi connectivity index (χ3n) is 2.73. The van der Waals surface area contributed by atoms with Crippen molar-refractivity contribution in [1.82, 2.24) is 5.32 Å². The minimum atomic E-state index is -0.659. The van der Waals surface area contributed by atoms with Gasteiger partial charge in [0.2, 0.25) is 11.8 Å². The lowest BCUT2D eigenvalue weighted by atomic mass is 10.1. The van der Waals surface area contributed by atoms with E-state index in [1.54, 1.807) is 32.0 Å². The fourth-order valence-electron chi connectivity index (χ4n) is 1.61. The zero-order valence-electron chi connectivity index (χ0n) is 11.9. The average Bonchev–Trinajstić information content (AvgIpc) is 2.39. The molecular weight excluding hydrogens is 260 g/mol. The van der Waals surface area contributed by atoms with E-state index in [9.17, 15) is 14.4 Å². The molecule has 0 saturated carbocycles. The Kier molecular flexibility index (Phi) is 5.25. The van der Waals surface area contributed by atoms with Crippen LogP contribution in [0.2, 0.25) is 0 Å². The average molecular weight is 278 g/mol. The molecule has 20 heavy (non-hydrogen) atoms. The first-order valence-electron chi connectivity index (χ1n) is 6.12. The van der Waals surface area contributed by atoms with Gasteiger partial charge in [-0.15, -0.1) is 0 Å². The number of aryl methyl sites for hydroxylation is 1. The van der Waals surface area contributed by atoms with Crippen LogP contribution in [0.5, 0.6) is 0 Å². The molecule has 6 nitrogen and oxygen atoms in total. The summed E-state index contributed by atoms with van der Waals surface area (Å²) in [6, 6.07) is 4.21. The summed E-state index contributed by atoms with van der Waals surface area (Å²) in [6.45, 7) is 4.73. The lowest BCUT2D eigenvalue weighted by molar-refractivity contribution is -0.124. The zero-order chi connectivity index (χ0) is 15.3. The molecule has 0 aromatic heterocycles. The summed E-state index contributed by atoms with van der Waals surface area (Å²) >= 11 is 0. The third-order valence-corrected chi connectivity index (χ3v) is 2.73.